The third kappa shape index (κ3) is 4.53. The molecule has 1 aliphatic carbocycles. The summed E-state index contributed by atoms with van der Waals surface area (Å²) in [5.74, 6) is 1.14. The highest BCUT2D eigenvalue weighted by Gasteiger charge is 2.39. The number of benzene rings is 1. The number of hydrogen-bond donors (Lipinski definition) is 4. The van der Waals surface area contributed by atoms with Crippen LogP contribution >= 0.6 is 23.2 Å². The fraction of sp³-hybridized carbons (Fsp3) is 0.500. The fourth-order valence-electron chi connectivity index (χ4n) is 5.02. The van der Waals surface area contributed by atoms with Crippen LogP contribution in [0.2, 0.25) is 10.0 Å². The van der Waals surface area contributed by atoms with Gasteiger partial charge in [-0.15, -0.1) is 0 Å². The molecule has 4 N–H and O–H groups in total. The molecule has 3 aliphatic rings. The topological polar surface area (TPSA) is 87.3 Å². The number of aromatic nitrogens is 1. The molecule has 3 heterocycles. The van der Waals surface area contributed by atoms with Crippen LogP contribution in [0.25, 0.3) is 0 Å². The Morgan fingerprint density at radius 1 is 1.18 bits per heavy atom. The molecule has 1 aromatic heterocycles. The number of hydrogen-bond acceptors (Lipinski definition) is 6. The molecule has 2 aliphatic heterocycles. The number of nitrogens with zero attached hydrogens (tertiary/aromatic N) is 1. The predicted octanol–water partition coefficient (Wildman–Crippen LogP) is 5.65. The molecule has 33 heavy (non-hydrogen) atoms. The van der Waals surface area contributed by atoms with Crippen LogP contribution in [-0.4, -0.2) is 29.3 Å². The number of anilines is 3. The number of nitrogens with one attached hydrogen (secondary N) is 4. The van der Waals surface area contributed by atoms with Crippen molar-refractivity contribution >= 4 is 46.2 Å². The lowest BCUT2D eigenvalue weighted by Gasteiger charge is -2.22. The van der Waals surface area contributed by atoms with Crippen molar-refractivity contribution in [2.45, 2.75) is 64.3 Å². The standard InChI is InChI=1S/C24H29Cl2N5O2/c1-24(2)9-15-19-18(29-23(30-19)31-20-16(25)11-27-12-17(20)26)8-14(21(15)33-24)22(32)28-10-13-6-4-3-5-7-13/h8,11-13,23,29-30H,3-7,9-10H2,1-2H3,(H,27,31)(H,28,32). The second-order valence-electron chi connectivity index (χ2n) is 9.75. The quantitative estimate of drug-likeness (QED) is 0.434. The summed E-state index contributed by atoms with van der Waals surface area (Å²) in [5.41, 5.74) is 3.55. The first-order valence-corrected chi connectivity index (χ1v) is 12.3. The molecule has 1 fully saturated rings. The zero-order chi connectivity index (χ0) is 23.2. The molecule has 176 valence electrons. The third-order valence-electron chi connectivity index (χ3n) is 6.61. The maximum Gasteiger partial charge on any atom is 0.255 e. The molecular formula is C24H29Cl2N5O2. The average Bonchev–Trinajstić information content (AvgIpc) is 3.34. The van der Waals surface area contributed by atoms with E-state index in [1.807, 2.05) is 19.9 Å². The van der Waals surface area contributed by atoms with E-state index in [2.05, 4.69) is 26.3 Å². The van der Waals surface area contributed by atoms with E-state index < -0.39 is 0 Å². The molecule has 0 radical (unpaired) electrons. The number of pyridine rings is 1. The minimum absolute atomic E-state index is 0.0873. The van der Waals surface area contributed by atoms with Crippen LogP contribution in [0.3, 0.4) is 0 Å². The number of carbonyl (C=O) groups excluding carboxylic acids is 1. The smallest absolute Gasteiger partial charge is 0.255 e. The molecule has 2 aromatic rings. The number of rotatable bonds is 5. The van der Waals surface area contributed by atoms with E-state index in [0.29, 0.717) is 45.9 Å². The predicted molar refractivity (Wildman–Crippen MR) is 133 cm³/mol. The number of amides is 1. The van der Waals surface area contributed by atoms with Gasteiger partial charge in [-0.25, -0.2) is 0 Å². The minimum atomic E-state index is -0.388. The van der Waals surface area contributed by atoms with E-state index in [-0.39, 0.29) is 17.8 Å². The highest BCUT2D eigenvalue weighted by Crippen LogP contribution is 2.48. The van der Waals surface area contributed by atoms with E-state index in [0.717, 1.165) is 16.9 Å². The normalized spacial score (nSPS) is 20.8. The Morgan fingerprint density at radius 2 is 1.91 bits per heavy atom. The van der Waals surface area contributed by atoms with E-state index in [1.165, 1.54) is 32.1 Å². The molecule has 1 aromatic carbocycles. The largest absolute Gasteiger partial charge is 0.486 e. The first-order valence-electron chi connectivity index (χ1n) is 11.6. The number of halogens is 2. The minimum Gasteiger partial charge on any atom is -0.486 e. The SMILES string of the molecule is CC1(C)Cc2c3c(cc(C(=O)NCC4CCCCC4)c2O1)NC(Nc1c(Cl)cncc1Cl)N3. The molecule has 7 nitrogen and oxygen atoms in total. The second-order valence-corrected chi connectivity index (χ2v) is 10.6. The zero-order valence-corrected chi connectivity index (χ0v) is 20.4. The van der Waals surface area contributed by atoms with Crippen molar-refractivity contribution in [2.75, 3.05) is 22.5 Å². The molecule has 1 saturated carbocycles. The van der Waals surface area contributed by atoms with Gasteiger partial charge < -0.3 is 26.0 Å². The van der Waals surface area contributed by atoms with Gasteiger partial charge in [-0.3, -0.25) is 9.78 Å². The Morgan fingerprint density at radius 3 is 2.64 bits per heavy atom. The highest BCUT2D eigenvalue weighted by atomic mass is 35.5. The lowest BCUT2D eigenvalue weighted by molar-refractivity contribution is 0.0930. The summed E-state index contributed by atoms with van der Waals surface area (Å²) in [4.78, 5) is 17.2. The van der Waals surface area contributed by atoms with E-state index >= 15 is 0 Å². The molecule has 0 saturated heterocycles. The summed E-state index contributed by atoms with van der Waals surface area (Å²) in [7, 11) is 0. The Labute approximate surface area is 204 Å². The van der Waals surface area contributed by atoms with Crippen molar-refractivity contribution < 1.29 is 9.53 Å². The summed E-state index contributed by atoms with van der Waals surface area (Å²) in [6.45, 7) is 4.79. The van der Waals surface area contributed by atoms with Gasteiger partial charge in [0.2, 0.25) is 0 Å². The monoisotopic (exact) mass is 489 g/mol. The van der Waals surface area contributed by atoms with E-state index in [9.17, 15) is 4.79 Å². The molecule has 9 heteroatoms. The molecule has 1 amide bonds. The van der Waals surface area contributed by atoms with Gasteiger partial charge in [0, 0.05) is 30.9 Å². The zero-order valence-electron chi connectivity index (χ0n) is 18.9. The first-order chi connectivity index (χ1) is 15.8. The van der Waals surface area contributed by atoms with Crippen LogP contribution < -0.4 is 26.0 Å². The Hall–Kier alpha value is -2.38. The van der Waals surface area contributed by atoms with Gasteiger partial charge in [-0.1, -0.05) is 42.5 Å². The lowest BCUT2D eigenvalue weighted by Crippen LogP contribution is -2.32. The summed E-state index contributed by atoms with van der Waals surface area (Å²) in [5, 5.41) is 14.2. The number of ether oxygens (including phenoxy) is 1. The fourth-order valence-corrected chi connectivity index (χ4v) is 5.49. The number of carbonyl (C=O) groups is 1. The molecule has 1 atom stereocenters. The van der Waals surface area contributed by atoms with E-state index in [1.54, 1.807) is 12.4 Å². The number of fused-ring (bicyclic) bond motifs is 3. The van der Waals surface area contributed by atoms with Crippen molar-refractivity contribution in [3.05, 3.63) is 39.6 Å². The molecule has 0 bridgehead atoms. The molecule has 5 rings (SSSR count). The maximum atomic E-state index is 13.2. The summed E-state index contributed by atoms with van der Waals surface area (Å²) in [6, 6.07) is 1.87. The Bertz CT molecular complexity index is 1060. The van der Waals surface area contributed by atoms with Crippen molar-refractivity contribution in [1.82, 2.24) is 10.3 Å². The molecular weight excluding hydrogens is 461 g/mol. The van der Waals surface area contributed by atoms with Crippen LogP contribution in [0.4, 0.5) is 17.1 Å². The van der Waals surface area contributed by atoms with Gasteiger partial charge in [-0.2, -0.15) is 0 Å². The van der Waals surface area contributed by atoms with Gasteiger partial charge in [0.05, 0.1) is 32.7 Å². The Balaban J connectivity index is 1.39. The van der Waals surface area contributed by atoms with Crippen molar-refractivity contribution in [2.24, 2.45) is 5.92 Å². The second kappa shape index (κ2) is 8.76. The van der Waals surface area contributed by atoms with Crippen LogP contribution in [0.5, 0.6) is 5.75 Å². The van der Waals surface area contributed by atoms with Crippen LogP contribution in [0.15, 0.2) is 18.5 Å². The molecule has 1 unspecified atom stereocenters. The van der Waals surface area contributed by atoms with Crippen molar-refractivity contribution in [1.29, 1.82) is 0 Å². The highest BCUT2D eigenvalue weighted by molar-refractivity contribution is 6.38. The van der Waals surface area contributed by atoms with Crippen LogP contribution in [-0.2, 0) is 6.42 Å². The lowest BCUT2D eigenvalue weighted by atomic mass is 9.89. The summed E-state index contributed by atoms with van der Waals surface area (Å²) < 4.78 is 6.26. The Kier molecular flexibility index (Phi) is 5.95. The van der Waals surface area contributed by atoms with Gasteiger partial charge >= 0.3 is 0 Å². The van der Waals surface area contributed by atoms with Crippen LogP contribution in [0, 0.1) is 5.92 Å². The first kappa shape index (κ1) is 22.4. The summed E-state index contributed by atoms with van der Waals surface area (Å²) in [6.07, 6.45) is 9.61. The van der Waals surface area contributed by atoms with Gasteiger partial charge in [0.15, 0.2) is 6.29 Å². The third-order valence-corrected chi connectivity index (χ3v) is 7.18. The average molecular weight is 490 g/mol. The maximum absolute atomic E-state index is 13.2. The van der Waals surface area contributed by atoms with Crippen LogP contribution in [0.1, 0.15) is 61.9 Å². The van der Waals surface area contributed by atoms with Gasteiger partial charge in [0.1, 0.15) is 11.4 Å². The van der Waals surface area contributed by atoms with Crippen molar-refractivity contribution in [3.63, 3.8) is 0 Å². The van der Waals surface area contributed by atoms with Gasteiger partial charge in [0.25, 0.3) is 5.91 Å². The van der Waals surface area contributed by atoms with E-state index in [4.69, 9.17) is 27.9 Å². The van der Waals surface area contributed by atoms with Crippen molar-refractivity contribution in [3.8, 4) is 5.75 Å². The summed E-state index contributed by atoms with van der Waals surface area (Å²) >= 11 is 12.6. The molecule has 0 spiro atoms. The van der Waals surface area contributed by atoms with Gasteiger partial charge in [-0.05, 0) is 38.7 Å².